The highest BCUT2D eigenvalue weighted by Gasteiger charge is 2.37. The molecule has 3 amide bonds. The molecule has 0 saturated carbocycles. The first-order chi connectivity index (χ1) is 21.4. The summed E-state index contributed by atoms with van der Waals surface area (Å²) >= 11 is 0. The van der Waals surface area contributed by atoms with E-state index < -0.39 is 54.0 Å². The molecule has 0 radical (unpaired) electrons. The van der Waals surface area contributed by atoms with Crippen molar-refractivity contribution in [2.45, 2.75) is 82.7 Å². The van der Waals surface area contributed by atoms with Crippen molar-refractivity contribution in [1.82, 2.24) is 15.5 Å². The van der Waals surface area contributed by atoms with Crippen LogP contribution in [0.2, 0.25) is 0 Å². The van der Waals surface area contributed by atoms with Gasteiger partial charge >= 0.3 is 5.97 Å². The van der Waals surface area contributed by atoms with Crippen molar-refractivity contribution in [3.63, 3.8) is 0 Å². The predicted octanol–water partition coefficient (Wildman–Crippen LogP) is 2.64. The Balaban J connectivity index is 1.48. The van der Waals surface area contributed by atoms with Crippen LogP contribution >= 0.6 is 0 Å². The van der Waals surface area contributed by atoms with Crippen LogP contribution in [0.5, 0.6) is 0 Å². The SMILES string of the molecule is CC(C)(C)OC(=O)[C@@H]1CCCN1C[C@@H](O)[C@H](Cc1ccccc1)NC(=O)[C@H](CC(N)=O)NC(=O)Cc1cccc2ccccc12. The van der Waals surface area contributed by atoms with Crippen molar-refractivity contribution in [3.05, 3.63) is 83.9 Å². The molecule has 4 rings (SSSR count). The van der Waals surface area contributed by atoms with Crippen LogP contribution in [0.1, 0.15) is 51.2 Å². The molecule has 3 aromatic rings. The monoisotopic (exact) mass is 616 g/mol. The Hall–Kier alpha value is -4.28. The van der Waals surface area contributed by atoms with Crippen LogP contribution in [0.3, 0.4) is 0 Å². The summed E-state index contributed by atoms with van der Waals surface area (Å²) in [5.41, 5.74) is 6.49. The Morgan fingerprint density at radius 1 is 0.978 bits per heavy atom. The molecule has 0 bridgehead atoms. The number of ether oxygens (including phenoxy) is 1. The minimum Gasteiger partial charge on any atom is -0.459 e. The van der Waals surface area contributed by atoms with E-state index in [0.717, 1.165) is 28.3 Å². The van der Waals surface area contributed by atoms with Crippen molar-refractivity contribution in [3.8, 4) is 0 Å². The van der Waals surface area contributed by atoms with Gasteiger partial charge in [-0.3, -0.25) is 24.1 Å². The zero-order valence-electron chi connectivity index (χ0n) is 26.2. The number of β-amino-alcohol motifs (C(OH)–C–C–N with tert-alkyl or cyclic N) is 1. The number of amides is 3. The quantitative estimate of drug-likeness (QED) is 0.216. The van der Waals surface area contributed by atoms with Gasteiger partial charge < -0.3 is 26.2 Å². The summed E-state index contributed by atoms with van der Waals surface area (Å²) in [6, 6.07) is 20.2. The second-order valence-electron chi connectivity index (χ2n) is 12.7. The number of esters is 1. The molecule has 4 atom stereocenters. The number of rotatable bonds is 13. The number of hydrogen-bond donors (Lipinski definition) is 4. The van der Waals surface area contributed by atoms with Gasteiger partial charge in [0.15, 0.2) is 0 Å². The molecule has 1 aliphatic heterocycles. The molecule has 0 unspecified atom stereocenters. The van der Waals surface area contributed by atoms with E-state index >= 15 is 0 Å². The van der Waals surface area contributed by atoms with Crippen LogP contribution in [0.15, 0.2) is 72.8 Å². The van der Waals surface area contributed by atoms with Gasteiger partial charge in [0.1, 0.15) is 17.7 Å². The van der Waals surface area contributed by atoms with Gasteiger partial charge in [0.05, 0.1) is 25.0 Å². The van der Waals surface area contributed by atoms with E-state index in [1.54, 1.807) is 0 Å². The molecule has 10 nitrogen and oxygen atoms in total. The maximum atomic E-state index is 13.6. The lowest BCUT2D eigenvalue weighted by atomic mass is 9.99. The van der Waals surface area contributed by atoms with Gasteiger partial charge in [-0.2, -0.15) is 0 Å². The van der Waals surface area contributed by atoms with Gasteiger partial charge in [0, 0.05) is 6.54 Å². The Kier molecular flexibility index (Phi) is 11.3. The molecule has 0 aromatic heterocycles. The van der Waals surface area contributed by atoms with E-state index in [-0.39, 0.29) is 25.4 Å². The van der Waals surface area contributed by atoms with Crippen LogP contribution in [-0.4, -0.2) is 76.6 Å². The van der Waals surface area contributed by atoms with Gasteiger partial charge in [-0.15, -0.1) is 0 Å². The molecule has 240 valence electrons. The van der Waals surface area contributed by atoms with Gasteiger partial charge in [-0.1, -0.05) is 72.8 Å². The van der Waals surface area contributed by atoms with E-state index in [9.17, 15) is 24.3 Å². The highest BCUT2D eigenvalue weighted by Crippen LogP contribution is 2.23. The highest BCUT2D eigenvalue weighted by molar-refractivity contribution is 5.94. The summed E-state index contributed by atoms with van der Waals surface area (Å²) < 4.78 is 5.61. The zero-order chi connectivity index (χ0) is 32.6. The fourth-order valence-corrected chi connectivity index (χ4v) is 5.76. The van der Waals surface area contributed by atoms with Crippen LogP contribution in [0.25, 0.3) is 10.8 Å². The van der Waals surface area contributed by atoms with Crippen molar-refractivity contribution in [2.24, 2.45) is 5.73 Å². The largest absolute Gasteiger partial charge is 0.459 e. The molecule has 1 heterocycles. The standard InChI is InChI=1S/C35H44N4O6/c1-35(2,3)45-34(44)29-17-10-18-39(29)22-30(40)27(19-23-11-5-4-6-12-23)38-33(43)28(21-31(36)41)37-32(42)20-25-15-9-14-24-13-7-8-16-26(24)25/h4-9,11-16,27-30,40H,10,17-22H2,1-3H3,(H2,36,41)(H,37,42)(H,38,43)/t27-,28-,29-,30+/m0/s1. The Morgan fingerprint density at radius 3 is 2.38 bits per heavy atom. The molecular formula is C35H44N4O6. The van der Waals surface area contributed by atoms with Gasteiger partial charge in [-0.25, -0.2) is 0 Å². The number of fused-ring (bicyclic) bond motifs is 1. The molecule has 1 saturated heterocycles. The summed E-state index contributed by atoms with van der Waals surface area (Å²) in [7, 11) is 0. The summed E-state index contributed by atoms with van der Waals surface area (Å²) in [6.45, 7) is 6.16. The highest BCUT2D eigenvalue weighted by atomic mass is 16.6. The minimum absolute atomic E-state index is 0.000970. The Morgan fingerprint density at radius 2 is 1.67 bits per heavy atom. The average Bonchev–Trinajstić information content (AvgIpc) is 3.44. The normalized spacial score (nSPS) is 17.3. The molecule has 5 N–H and O–H groups in total. The number of hydrogen-bond acceptors (Lipinski definition) is 7. The number of aliphatic hydroxyl groups excluding tert-OH is 1. The van der Waals surface area contributed by atoms with Crippen molar-refractivity contribution < 1.29 is 29.0 Å². The minimum atomic E-state index is -1.24. The smallest absolute Gasteiger partial charge is 0.323 e. The number of primary amides is 1. The molecule has 0 spiro atoms. The van der Waals surface area contributed by atoms with E-state index in [4.69, 9.17) is 10.5 Å². The number of nitrogens with one attached hydrogen (secondary N) is 2. The lowest BCUT2D eigenvalue weighted by molar-refractivity contribution is -0.160. The molecule has 10 heteroatoms. The first-order valence-corrected chi connectivity index (χ1v) is 15.4. The van der Waals surface area contributed by atoms with E-state index in [1.165, 1.54) is 0 Å². The van der Waals surface area contributed by atoms with Crippen molar-refractivity contribution >= 4 is 34.5 Å². The van der Waals surface area contributed by atoms with Crippen molar-refractivity contribution in [1.29, 1.82) is 0 Å². The number of likely N-dealkylation sites (tertiary alicyclic amines) is 1. The first-order valence-electron chi connectivity index (χ1n) is 15.4. The molecular weight excluding hydrogens is 572 g/mol. The second kappa shape index (κ2) is 15.1. The third kappa shape index (κ3) is 9.86. The van der Waals surface area contributed by atoms with Crippen LogP contribution in [0.4, 0.5) is 0 Å². The van der Waals surface area contributed by atoms with Crippen LogP contribution in [0, 0.1) is 0 Å². The van der Waals surface area contributed by atoms with E-state index in [1.807, 2.05) is 98.5 Å². The number of carbonyl (C=O) groups is 4. The van der Waals surface area contributed by atoms with Crippen LogP contribution < -0.4 is 16.4 Å². The summed E-state index contributed by atoms with van der Waals surface area (Å²) in [4.78, 5) is 53.5. The molecule has 45 heavy (non-hydrogen) atoms. The third-order valence-corrected chi connectivity index (χ3v) is 7.84. The number of nitrogens with two attached hydrogens (primary N) is 1. The fourth-order valence-electron chi connectivity index (χ4n) is 5.76. The summed E-state index contributed by atoms with van der Waals surface area (Å²) in [6.07, 6.45) is 0.190. The molecule has 0 aliphatic carbocycles. The number of aliphatic hydroxyl groups is 1. The Bertz CT molecular complexity index is 1480. The van der Waals surface area contributed by atoms with E-state index in [0.29, 0.717) is 13.0 Å². The summed E-state index contributed by atoms with van der Waals surface area (Å²) in [5.74, 6) is -2.17. The van der Waals surface area contributed by atoms with Gasteiger partial charge in [0.2, 0.25) is 17.7 Å². The fraction of sp³-hybridized carbons (Fsp3) is 0.429. The predicted molar refractivity (Wildman–Crippen MR) is 172 cm³/mol. The van der Waals surface area contributed by atoms with E-state index in [2.05, 4.69) is 10.6 Å². The topological polar surface area (TPSA) is 151 Å². The maximum absolute atomic E-state index is 13.6. The Labute approximate surface area is 264 Å². The molecule has 1 aliphatic rings. The lowest BCUT2D eigenvalue weighted by Gasteiger charge is -2.32. The average molecular weight is 617 g/mol. The number of carbonyl (C=O) groups excluding carboxylic acids is 4. The molecule has 1 fully saturated rings. The maximum Gasteiger partial charge on any atom is 0.323 e. The number of benzene rings is 3. The number of nitrogens with zero attached hydrogens (tertiary/aromatic N) is 1. The third-order valence-electron chi connectivity index (χ3n) is 7.84. The molecule has 3 aromatic carbocycles. The lowest BCUT2D eigenvalue weighted by Crippen LogP contribution is -2.56. The summed E-state index contributed by atoms with van der Waals surface area (Å²) in [5, 5.41) is 18.9. The van der Waals surface area contributed by atoms with Crippen LogP contribution in [-0.2, 0) is 36.8 Å². The first kappa shape index (κ1) is 33.6. The van der Waals surface area contributed by atoms with Gasteiger partial charge in [-0.05, 0) is 68.5 Å². The second-order valence-corrected chi connectivity index (χ2v) is 12.7. The zero-order valence-corrected chi connectivity index (χ0v) is 26.2. The van der Waals surface area contributed by atoms with Gasteiger partial charge in [0.25, 0.3) is 0 Å². The van der Waals surface area contributed by atoms with Crippen molar-refractivity contribution in [2.75, 3.05) is 13.1 Å².